The normalized spacial score (nSPS) is 11.0. The predicted octanol–water partition coefficient (Wildman–Crippen LogP) is 3.35. The van der Waals surface area contributed by atoms with Crippen LogP contribution in [0.3, 0.4) is 0 Å². The average molecular weight is 245 g/mol. The highest BCUT2D eigenvalue weighted by atomic mass is 19.1. The van der Waals surface area contributed by atoms with Gasteiger partial charge in [0, 0.05) is 11.5 Å². The van der Waals surface area contributed by atoms with Crippen LogP contribution >= 0.6 is 0 Å². The average Bonchev–Trinajstić information content (AvgIpc) is 2.96. The van der Waals surface area contributed by atoms with Gasteiger partial charge in [-0.3, -0.25) is 4.79 Å². The molecule has 0 radical (unpaired) electrons. The zero-order valence-corrected chi connectivity index (χ0v) is 9.44. The van der Waals surface area contributed by atoms with Gasteiger partial charge in [0.25, 0.3) is 0 Å². The van der Waals surface area contributed by atoms with Gasteiger partial charge in [-0.2, -0.15) is 0 Å². The molecular formula is C13H8FNO3. The quantitative estimate of drug-likeness (QED) is 0.649. The van der Waals surface area contributed by atoms with E-state index in [1.807, 2.05) is 0 Å². The minimum atomic E-state index is -0.481. The van der Waals surface area contributed by atoms with E-state index in [-0.39, 0.29) is 11.3 Å². The number of nitrogens with zero attached hydrogens (tertiary/aromatic N) is 1. The maximum atomic E-state index is 13.9. The van der Waals surface area contributed by atoms with Crippen molar-refractivity contribution in [3.63, 3.8) is 0 Å². The van der Waals surface area contributed by atoms with E-state index in [1.165, 1.54) is 12.1 Å². The van der Waals surface area contributed by atoms with Crippen LogP contribution in [0.2, 0.25) is 0 Å². The zero-order chi connectivity index (χ0) is 12.7. The lowest BCUT2D eigenvalue weighted by Gasteiger charge is -1.99. The van der Waals surface area contributed by atoms with Crippen molar-refractivity contribution in [2.24, 2.45) is 0 Å². The summed E-state index contributed by atoms with van der Waals surface area (Å²) in [7, 11) is 0. The highest BCUT2D eigenvalue weighted by Crippen LogP contribution is 2.30. The van der Waals surface area contributed by atoms with Gasteiger partial charge in [-0.1, -0.05) is 5.16 Å². The molecule has 2 heterocycles. The van der Waals surface area contributed by atoms with Crippen LogP contribution in [0, 0.1) is 12.7 Å². The van der Waals surface area contributed by atoms with Gasteiger partial charge >= 0.3 is 0 Å². The first-order chi connectivity index (χ1) is 8.69. The lowest BCUT2D eigenvalue weighted by Crippen LogP contribution is -1.83. The molecule has 4 nitrogen and oxygen atoms in total. The Hall–Kier alpha value is -2.43. The van der Waals surface area contributed by atoms with Crippen LogP contribution in [-0.2, 0) is 0 Å². The lowest BCUT2D eigenvalue weighted by atomic mass is 10.1. The highest BCUT2D eigenvalue weighted by Gasteiger charge is 2.14. The minimum absolute atomic E-state index is 0.159. The fraction of sp³-hybridized carbons (Fsp3) is 0.0769. The molecular weight excluding hydrogens is 237 g/mol. The minimum Gasteiger partial charge on any atom is -0.453 e. The molecule has 0 bridgehead atoms. The van der Waals surface area contributed by atoms with E-state index >= 15 is 0 Å². The van der Waals surface area contributed by atoms with Crippen LogP contribution in [0.4, 0.5) is 4.39 Å². The number of carbonyl (C=O) groups excluding carboxylic acids is 1. The van der Waals surface area contributed by atoms with Crippen LogP contribution in [0.25, 0.3) is 22.3 Å². The first kappa shape index (κ1) is 10.7. The second kappa shape index (κ2) is 3.80. The summed E-state index contributed by atoms with van der Waals surface area (Å²) >= 11 is 0. The molecule has 3 rings (SSSR count). The second-order valence-electron chi connectivity index (χ2n) is 3.92. The van der Waals surface area contributed by atoms with Crippen molar-refractivity contribution in [2.45, 2.75) is 6.92 Å². The molecule has 2 aromatic heterocycles. The van der Waals surface area contributed by atoms with Crippen molar-refractivity contribution in [3.05, 3.63) is 41.5 Å². The van der Waals surface area contributed by atoms with Crippen LogP contribution in [0.5, 0.6) is 0 Å². The van der Waals surface area contributed by atoms with E-state index in [2.05, 4.69) is 5.16 Å². The Bertz CT molecular complexity index is 742. The summed E-state index contributed by atoms with van der Waals surface area (Å²) in [5, 5.41) is 4.48. The fourth-order valence-corrected chi connectivity index (χ4v) is 1.83. The summed E-state index contributed by atoms with van der Waals surface area (Å²) in [5.74, 6) is -0.0194. The van der Waals surface area contributed by atoms with Crippen LogP contribution in [0.1, 0.15) is 16.2 Å². The number of halogens is 1. The van der Waals surface area contributed by atoms with Gasteiger partial charge in [0.2, 0.25) is 0 Å². The van der Waals surface area contributed by atoms with Gasteiger partial charge in [0.15, 0.2) is 17.6 Å². The Morgan fingerprint density at radius 2 is 2.17 bits per heavy atom. The highest BCUT2D eigenvalue weighted by molar-refractivity contribution is 5.85. The molecule has 3 aromatic rings. The third-order valence-corrected chi connectivity index (χ3v) is 2.75. The van der Waals surface area contributed by atoms with Crippen molar-refractivity contribution in [1.29, 1.82) is 0 Å². The number of carbonyl (C=O) groups is 1. The zero-order valence-electron chi connectivity index (χ0n) is 9.44. The topological polar surface area (TPSA) is 56.2 Å². The number of rotatable bonds is 2. The molecule has 18 heavy (non-hydrogen) atoms. The number of fused-ring (bicyclic) bond motifs is 1. The molecule has 0 fully saturated rings. The fourth-order valence-electron chi connectivity index (χ4n) is 1.83. The summed E-state index contributed by atoms with van der Waals surface area (Å²) in [6, 6.07) is 5.90. The molecule has 0 unspecified atom stereocenters. The van der Waals surface area contributed by atoms with Crippen molar-refractivity contribution in [3.8, 4) is 11.3 Å². The van der Waals surface area contributed by atoms with Crippen LogP contribution in [-0.4, -0.2) is 11.4 Å². The number of hydrogen-bond donors (Lipinski definition) is 0. The van der Waals surface area contributed by atoms with Crippen molar-refractivity contribution >= 4 is 17.3 Å². The predicted molar refractivity (Wildman–Crippen MR) is 61.8 cm³/mol. The molecule has 1 aromatic carbocycles. The molecule has 90 valence electrons. The molecule has 0 aliphatic rings. The Balaban J connectivity index is 2.24. The van der Waals surface area contributed by atoms with Gasteiger partial charge in [0.05, 0.1) is 11.3 Å². The first-order valence-electron chi connectivity index (χ1n) is 5.30. The molecule has 0 N–H and O–H groups in total. The number of benzene rings is 1. The summed E-state index contributed by atoms with van der Waals surface area (Å²) in [6.45, 7) is 1.77. The largest absolute Gasteiger partial charge is 0.453 e. The Kier molecular flexibility index (Phi) is 2.26. The summed E-state index contributed by atoms with van der Waals surface area (Å²) in [4.78, 5) is 10.5. The summed E-state index contributed by atoms with van der Waals surface area (Å²) in [5.41, 5.74) is 1.34. The Labute approximate surface area is 101 Å². The smallest absolute Gasteiger partial charge is 0.185 e. The first-order valence-corrected chi connectivity index (χ1v) is 5.30. The summed E-state index contributed by atoms with van der Waals surface area (Å²) in [6.07, 6.45) is 0.574. The van der Waals surface area contributed by atoms with E-state index in [9.17, 15) is 9.18 Å². The van der Waals surface area contributed by atoms with Gasteiger partial charge in [-0.15, -0.1) is 0 Å². The number of aryl methyl sites for hydroxylation is 1. The standard InChI is InChI=1S/C13H8FNO3/c1-7-9-4-10(11(14)5-13(9)18-15-7)12-3-2-8(6-16)17-12/h2-6H,1H3. The van der Waals surface area contributed by atoms with Gasteiger partial charge < -0.3 is 8.94 Å². The molecule has 0 saturated carbocycles. The molecule has 5 heteroatoms. The van der Waals surface area contributed by atoms with E-state index in [0.717, 1.165) is 5.39 Å². The Morgan fingerprint density at radius 3 is 2.89 bits per heavy atom. The van der Waals surface area contributed by atoms with Crippen LogP contribution in [0.15, 0.2) is 33.2 Å². The summed E-state index contributed by atoms with van der Waals surface area (Å²) < 4.78 is 24.1. The molecule has 0 aliphatic carbocycles. The van der Waals surface area contributed by atoms with E-state index in [0.29, 0.717) is 23.3 Å². The second-order valence-corrected chi connectivity index (χ2v) is 3.92. The third kappa shape index (κ3) is 1.52. The molecule has 0 aliphatic heterocycles. The number of aldehydes is 1. The van der Waals surface area contributed by atoms with Crippen molar-refractivity contribution < 1.29 is 18.1 Å². The molecule has 0 amide bonds. The number of hydrogen-bond acceptors (Lipinski definition) is 4. The SMILES string of the molecule is Cc1noc2cc(F)c(-c3ccc(C=O)o3)cc12. The van der Waals surface area contributed by atoms with Crippen molar-refractivity contribution in [1.82, 2.24) is 5.16 Å². The number of aromatic nitrogens is 1. The third-order valence-electron chi connectivity index (χ3n) is 2.75. The van der Waals surface area contributed by atoms with E-state index in [1.54, 1.807) is 19.1 Å². The molecule has 0 atom stereocenters. The van der Waals surface area contributed by atoms with E-state index in [4.69, 9.17) is 8.94 Å². The van der Waals surface area contributed by atoms with Gasteiger partial charge in [0.1, 0.15) is 11.6 Å². The maximum Gasteiger partial charge on any atom is 0.185 e. The molecule has 0 saturated heterocycles. The van der Waals surface area contributed by atoms with Crippen LogP contribution < -0.4 is 0 Å². The van der Waals surface area contributed by atoms with Crippen molar-refractivity contribution in [2.75, 3.05) is 0 Å². The lowest BCUT2D eigenvalue weighted by molar-refractivity contribution is 0.110. The molecule has 0 spiro atoms. The number of furan rings is 1. The van der Waals surface area contributed by atoms with E-state index < -0.39 is 5.82 Å². The van der Waals surface area contributed by atoms with Gasteiger partial charge in [-0.05, 0) is 25.1 Å². The Morgan fingerprint density at radius 1 is 1.33 bits per heavy atom. The monoisotopic (exact) mass is 245 g/mol. The maximum absolute atomic E-state index is 13.9. The van der Waals surface area contributed by atoms with Gasteiger partial charge in [-0.25, -0.2) is 4.39 Å².